The Morgan fingerprint density at radius 1 is 1.22 bits per heavy atom. The molecule has 3 N–H and O–H groups in total. The third-order valence-corrected chi connectivity index (χ3v) is 5.09. The predicted octanol–water partition coefficient (Wildman–Crippen LogP) is 1.86. The van der Waals surface area contributed by atoms with Gasteiger partial charge in [-0.25, -0.2) is 9.97 Å². The van der Waals surface area contributed by atoms with Crippen molar-refractivity contribution in [1.82, 2.24) is 9.97 Å². The van der Waals surface area contributed by atoms with Gasteiger partial charge in [-0.15, -0.1) is 0 Å². The van der Waals surface area contributed by atoms with E-state index in [0.29, 0.717) is 0 Å². The minimum Gasteiger partial charge on any atom is -0.393 e. The highest BCUT2D eigenvalue weighted by molar-refractivity contribution is 7.98. The van der Waals surface area contributed by atoms with Crippen LogP contribution in [0.15, 0.2) is 16.3 Å². The first kappa shape index (κ1) is 16.7. The van der Waals surface area contributed by atoms with E-state index in [0.717, 1.165) is 55.1 Å². The number of aliphatic hydroxyl groups is 2. The van der Waals surface area contributed by atoms with Crippen molar-refractivity contribution in [2.45, 2.75) is 68.0 Å². The van der Waals surface area contributed by atoms with Gasteiger partial charge >= 0.3 is 0 Å². The summed E-state index contributed by atoms with van der Waals surface area (Å²) in [5.74, 6) is 0.783. The highest BCUT2D eigenvalue weighted by Gasteiger charge is 2.24. The van der Waals surface area contributed by atoms with Gasteiger partial charge in [0.25, 0.3) is 0 Å². The van der Waals surface area contributed by atoms with E-state index in [-0.39, 0.29) is 24.3 Å². The van der Waals surface area contributed by atoms with Crippen LogP contribution in [0.4, 0.5) is 5.82 Å². The number of aliphatic hydroxyl groups excluding tert-OH is 2. The highest BCUT2D eigenvalue weighted by Crippen LogP contribution is 2.25. The summed E-state index contributed by atoms with van der Waals surface area (Å²) in [4.78, 5) is 13.5. The van der Waals surface area contributed by atoms with Crippen molar-refractivity contribution in [1.29, 1.82) is 0 Å². The number of aromatic nitrogens is 2. The van der Waals surface area contributed by atoms with Gasteiger partial charge in [0.1, 0.15) is 5.82 Å². The maximum atomic E-state index is 9.69. The average molecular weight is 336 g/mol. The van der Waals surface area contributed by atoms with Gasteiger partial charge in [-0.1, -0.05) is 11.8 Å². The lowest BCUT2D eigenvalue weighted by Crippen LogP contribution is -2.19. The quantitative estimate of drug-likeness (QED) is 0.432. The van der Waals surface area contributed by atoms with Crippen molar-refractivity contribution < 1.29 is 10.2 Å². The Hall–Kier alpha value is -1.18. The Balaban J connectivity index is 1.74. The fraction of sp³-hybridized carbons (Fsp3) is 0.688. The van der Waals surface area contributed by atoms with Crippen molar-refractivity contribution in [3.8, 4) is 0 Å². The summed E-state index contributed by atoms with van der Waals surface area (Å²) < 4.78 is 0. The minimum atomic E-state index is -0.218. The molecule has 6 nitrogen and oxygen atoms in total. The molecule has 23 heavy (non-hydrogen) atoms. The van der Waals surface area contributed by atoms with Gasteiger partial charge in [-0.3, -0.25) is 4.99 Å². The lowest BCUT2D eigenvalue weighted by molar-refractivity contribution is 0.181. The molecule has 2 aliphatic carbocycles. The standard InChI is InChI=1S/C16H24N4O2S/c1-23-16-18-9-10(8-17-11-2-4-13(21)6-11)15(20-16)19-12-3-5-14(22)7-12/h8-9,11-14,21-22H,2-7H2,1H3,(H,18,19,20)/t11-,12-,13-,14-/m1/s1. The molecule has 7 heteroatoms. The Labute approximate surface area is 140 Å². The number of thioether (sulfide) groups is 1. The number of hydrogen-bond acceptors (Lipinski definition) is 7. The van der Waals surface area contributed by atoms with Gasteiger partial charge in [0.05, 0.1) is 23.8 Å². The van der Waals surface area contributed by atoms with E-state index in [9.17, 15) is 10.2 Å². The molecule has 4 atom stereocenters. The van der Waals surface area contributed by atoms with Crippen LogP contribution in [-0.4, -0.2) is 56.9 Å². The first-order valence-corrected chi connectivity index (χ1v) is 9.43. The number of rotatable bonds is 5. The van der Waals surface area contributed by atoms with Crippen LogP contribution in [0.25, 0.3) is 0 Å². The van der Waals surface area contributed by atoms with Crippen LogP contribution in [0.3, 0.4) is 0 Å². The smallest absolute Gasteiger partial charge is 0.189 e. The normalized spacial score (nSPS) is 31.1. The monoisotopic (exact) mass is 336 g/mol. The third kappa shape index (κ3) is 4.43. The molecular formula is C16H24N4O2S. The van der Waals surface area contributed by atoms with Crippen LogP contribution in [0, 0.1) is 0 Å². The molecule has 1 heterocycles. The summed E-state index contributed by atoms with van der Waals surface area (Å²) >= 11 is 1.50. The van der Waals surface area contributed by atoms with Gasteiger partial charge in [0.2, 0.25) is 0 Å². The van der Waals surface area contributed by atoms with Crippen molar-refractivity contribution in [3.63, 3.8) is 0 Å². The van der Waals surface area contributed by atoms with Crippen LogP contribution < -0.4 is 5.32 Å². The van der Waals surface area contributed by atoms with Crippen LogP contribution >= 0.6 is 11.8 Å². The maximum absolute atomic E-state index is 9.69. The summed E-state index contributed by atoms with van der Waals surface area (Å²) in [7, 11) is 0. The molecule has 1 aromatic rings. The summed E-state index contributed by atoms with van der Waals surface area (Å²) in [5, 5.41) is 23.4. The van der Waals surface area contributed by atoms with E-state index >= 15 is 0 Å². The van der Waals surface area contributed by atoms with Gasteiger partial charge in [0.15, 0.2) is 5.16 Å². The fourth-order valence-electron chi connectivity index (χ4n) is 3.22. The van der Waals surface area contributed by atoms with E-state index < -0.39 is 0 Å². The topological polar surface area (TPSA) is 90.6 Å². The summed E-state index contributed by atoms with van der Waals surface area (Å²) in [5.41, 5.74) is 0.866. The van der Waals surface area contributed by atoms with Gasteiger partial charge in [0, 0.05) is 18.5 Å². The zero-order valence-corrected chi connectivity index (χ0v) is 14.2. The molecular weight excluding hydrogens is 312 g/mol. The second kappa shape index (κ2) is 7.59. The Morgan fingerprint density at radius 3 is 2.65 bits per heavy atom. The number of aliphatic imine (C=N–C) groups is 1. The highest BCUT2D eigenvalue weighted by atomic mass is 32.2. The Bertz CT molecular complexity index is 569. The van der Waals surface area contributed by atoms with Crippen LogP contribution in [0.5, 0.6) is 0 Å². The SMILES string of the molecule is CSc1ncc(C=N[C@@H]2CC[C@@H](O)C2)c(N[C@@H]2CC[C@@H](O)C2)n1. The molecule has 0 spiro atoms. The number of nitrogens with zero attached hydrogens (tertiary/aromatic N) is 3. The van der Waals surface area contributed by atoms with Gasteiger partial charge < -0.3 is 15.5 Å². The second-order valence-electron chi connectivity index (χ2n) is 6.37. The second-order valence-corrected chi connectivity index (χ2v) is 7.14. The maximum Gasteiger partial charge on any atom is 0.189 e. The van der Waals surface area contributed by atoms with Gasteiger partial charge in [-0.05, 0) is 44.8 Å². The molecule has 0 amide bonds. The fourth-order valence-corrected chi connectivity index (χ4v) is 3.56. The molecule has 1 aromatic heterocycles. The zero-order chi connectivity index (χ0) is 16.2. The molecule has 2 aliphatic rings. The van der Waals surface area contributed by atoms with Crippen LogP contribution in [0.1, 0.15) is 44.1 Å². The largest absolute Gasteiger partial charge is 0.393 e. The first-order valence-electron chi connectivity index (χ1n) is 8.21. The first-order chi connectivity index (χ1) is 11.1. The average Bonchev–Trinajstić information content (AvgIpc) is 3.14. The molecule has 0 aliphatic heterocycles. The molecule has 2 fully saturated rings. The molecule has 2 saturated carbocycles. The van der Waals surface area contributed by atoms with E-state index in [1.807, 2.05) is 12.5 Å². The summed E-state index contributed by atoms with van der Waals surface area (Å²) in [6, 6.07) is 0.432. The molecule has 0 bridgehead atoms. The third-order valence-electron chi connectivity index (χ3n) is 4.53. The van der Waals surface area contributed by atoms with E-state index in [1.54, 1.807) is 6.20 Å². The van der Waals surface area contributed by atoms with E-state index in [1.165, 1.54) is 11.8 Å². The Kier molecular flexibility index (Phi) is 5.50. The van der Waals surface area contributed by atoms with E-state index in [4.69, 9.17) is 0 Å². The lowest BCUT2D eigenvalue weighted by atomic mass is 10.2. The number of hydrogen-bond donors (Lipinski definition) is 3. The Morgan fingerprint density at radius 2 is 2.00 bits per heavy atom. The van der Waals surface area contributed by atoms with Crippen molar-refractivity contribution >= 4 is 23.8 Å². The lowest BCUT2D eigenvalue weighted by Gasteiger charge is -2.15. The summed E-state index contributed by atoms with van der Waals surface area (Å²) in [6.45, 7) is 0. The van der Waals surface area contributed by atoms with Crippen molar-refractivity contribution in [2.75, 3.05) is 11.6 Å². The zero-order valence-electron chi connectivity index (χ0n) is 13.4. The van der Waals surface area contributed by atoms with E-state index in [2.05, 4.69) is 20.3 Å². The molecule has 0 saturated heterocycles. The predicted molar refractivity (Wildman–Crippen MR) is 92.3 cm³/mol. The molecule has 126 valence electrons. The summed E-state index contributed by atoms with van der Waals surface area (Å²) in [6.07, 6.45) is 10.2. The van der Waals surface area contributed by atoms with Crippen molar-refractivity contribution in [3.05, 3.63) is 11.8 Å². The number of anilines is 1. The molecule has 0 radical (unpaired) electrons. The molecule has 0 aromatic carbocycles. The van der Waals surface area contributed by atoms with Crippen LogP contribution in [-0.2, 0) is 0 Å². The number of nitrogens with one attached hydrogen (secondary N) is 1. The molecule has 0 unspecified atom stereocenters. The van der Waals surface area contributed by atoms with Gasteiger partial charge in [-0.2, -0.15) is 0 Å². The minimum absolute atomic E-state index is 0.186. The van der Waals surface area contributed by atoms with Crippen LogP contribution in [0.2, 0.25) is 0 Å². The van der Waals surface area contributed by atoms with Crippen molar-refractivity contribution in [2.24, 2.45) is 4.99 Å². The molecule has 3 rings (SSSR count).